The Balaban J connectivity index is 1.89. The minimum absolute atomic E-state index is 0.216. The standard InChI is InChI=1S/C23H19FN2O3S/c1-28-17-11-16(12-18(13-17)29-2)26-22(27)19-8-4-6-10-21(19)25-23(26)30-14-15-7-3-5-9-20(15)24/h3-13H,14H2,1-2H3. The van der Waals surface area contributed by atoms with E-state index in [1.165, 1.54) is 22.4 Å². The number of halogens is 1. The van der Waals surface area contributed by atoms with Crippen molar-refractivity contribution < 1.29 is 13.9 Å². The van der Waals surface area contributed by atoms with E-state index in [2.05, 4.69) is 4.98 Å². The van der Waals surface area contributed by atoms with Crippen LogP contribution in [0.2, 0.25) is 0 Å². The molecule has 0 aliphatic carbocycles. The largest absolute Gasteiger partial charge is 0.497 e. The number of hydrogen-bond acceptors (Lipinski definition) is 5. The Hall–Kier alpha value is -3.32. The number of para-hydroxylation sites is 1. The quantitative estimate of drug-likeness (QED) is 0.329. The maximum Gasteiger partial charge on any atom is 0.266 e. The van der Waals surface area contributed by atoms with Gasteiger partial charge in [-0.1, -0.05) is 42.1 Å². The lowest BCUT2D eigenvalue weighted by Gasteiger charge is -2.15. The molecule has 0 bridgehead atoms. The summed E-state index contributed by atoms with van der Waals surface area (Å²) in [7, 11) is 3.10. The normalized spacial score (nSPS) is 10.9. The van der Waals surface area contributed by atoms with Crippen molar-refractivity contribution in [3.05, 3.63) is 88.5 Å². The summed E-state index contributed by atoms with van der Waals surface area (Å²) in [5, 5.41) is 0.951. The van der Waals surface area contributed by atoms with Gasteiger partial charge in [0, 0.05) is 24.0 Å². The average Bonchev–Trinajstić information content (AvgIpc) is 2.78. The van der Waals surface area contributed by atoms with Crippen molar-refractivity contribution in [1.82, 2.24) is 9.55 Å². The molecular formula is C23H19FN2O3S. The molecule has 30 heavy (non-hydrogen) atoms. The highest BCUT2D eigenvalue weighted by Gasteiger charge is 2.16. The molecule has 1 heterocycles. The van der Waals surface area contributed by atoms with Gasteiger partial charge in [-0.25, -0.2) is 9.37 Å². The van der Waals surface area contributed by atoms with Gasteiger partial charge >= 0.3 is 0 Å². The van der Waals surface area contributed by atoms with E-state index in [0.717, 1.165) is 0 Å². The van der Waals surface area contributed by atoms with Crippen LogP contribution >= 0.6 is 11.8 Å². The number of hydrogen-bond donors (Lipinski definition) is 0. The minimum Gasteiger partial charge on any atom is -0.497 e. The first-order valence-electron chi connectivity index (χ1n) is 9.22. The summed E-state index contributed by atoms with van der Waals surface area (Å²) in [5.41, 5.74) is 1.47. The first-order chi connectivity index (χ1) is 14.6. The molecule has 4 rings (SSSR count). The molecule has 0 aliphatic rings. The Morgan fingerprint density at radius 3 is 2.33 bits per heavy atom. The number of fused-ring (bicyclic) bond motifs is 1. The molecule has 0 saturated carbocycles. The summed E-state index contributed by atoms with van der Waals surface area (Å²) in [6.07, 6.45) is 0. The van der Waals surface area contributed by atoms with E-state index in [1.54, 1.807) is 68.8 Å². The van der Waals surface area contributed by atoms with Crippen LogP contribution in [0.3, 0.4) is 0 Å². The summed E-state index contributed by atoms with van der Waals surface area (Å²) in [4.78, 5) is 18.1. The van der Waals surface area contributed by atoms with Gasteiger partial charge in [-0.15, -0.1) is 0 Å². The summed E-state index contributed by atoms with van der Waals surface area (Å²) in [6.45, 7) is 0. The van der Waals surface area contributed by atoms with Crippen LogP contribution in [0, 0.1) is 5.82 Å². The van der Waals surface area contributed by atoms with Gasteiger partial charge in [0.25, 0.3) is 5.56 Å². The Bertz CT molecular complexity index is 1250. The highest BCUT2D eigenvalue weighted by molar-refractivity contribution is 7.98. The molecule has 0 aliphatic heterocycles. The number of methoxy groups -OCH3 is 2. The van der Waals surface area contributed by atoms with E-state index < -0.39 is 0 Å². The van der Waals surface area contributed by atoms with Crippen LogP contribution < -0.4 is 15.0 Å². The van der Waals surface area contributed by atoms with E-state index in [1.807, 2.05) is 6.07 Å². The van der Waals surface area contributed by atoms with Crippen molar-refractivity contribution in [2.75, 3.05) is 14.2 Å². The van der Waals surface area contributed by atoms with Crippen LogP contribution in [0.25, 0.3) is 16.6 Å². The first kappa shape index (κ1) is 20.0. The summed E-state index contributed by atoms with van der Waals surface area (Å²) >= 11 is 1.30. The maximum absolute atomic E-state index is 14.1. The number of benzene rings is 3. The smallest absolute Gasteiger partial charge is 0.266 e. The number of thioether (sulfide) groups is 1. The van der Waals surface area contributed by atoms with Gasteiger partial charge in [0.15, 0.2) is 5.16 Å². The average molecular weight is 422 g/mol. The molecule has 0 atom stereocenters. The molecule has 0 fully saturated rings. The highest BCUT2D eigenvalue weighted by atomic mass is 32.2. The molecule has 3 aromatic carbocycles. The fourth-order valence-electron chi connectivity index (χ4n) is 3.12. The maximum atomic E-state index is 14.1. The SMILES string of the molecule is COc1cc(OC)cc(-n2c(SCc3ccccc3F)nc3ccccc3c2=O)c1. The first-order valence-corrected chi connectivity index (χ1v) is 10.2. The third-order valence-electron chi connectivity index (χ3n) is 4.65. The van der Waals surface area contributed by atoms with Gasteiger partial charge in [0.05, 0.1) is 30.8 Å². The molecule has 4 aromatic rings. The molecule has 0 saturated heterocycles. The lowest BCUT2D eigenvalue weighted by atomic mass is 10.2. The fraction of sp³-hybridized carbons (Fsp3) is 0.130. The molecule has 152 valence electrons. The second-order valence-corrected chi connectivity index (χ2v) is 7.45. The lowest BCUT2D eigenvalue weighted by molar-refractivity contribution is 0.394. The van der Waals surface area contributed by atoms with Crippen molar-refractivity contribution >= 4 is 22.7 Å². The van der Waals surface area contributed by atoms with Gasteiger partial charge in [0.1, 0.15) is 17.3 Å². The van der Waals surface area contributed by atoms with Crippen molar-refractivity contribution in [2.24, 2.45) is 0 Å². The van der Waals surface area contributed by atoms with Gasteiger partial charge in [0.2, 0.25) is 0 Å². The molecule has 1 aromatic heterocycles. The van der Waals surface area contributed by atoms with E-state index in [4.69, 9.17) is 9.47 Å². The summed E-state index contributed by atoms with van der Waals surface area (Å²) in [6, 6.07) is 19.0. The number of rotatable bonds is 6. The van der Waals surface area contributed by atoms with Crippen molar-refractivity contribution in [2.45, 2.75) is 10.9 Å². The van der Waals surface area contributed by atoms with Crippen LogP contribution in [0.5, 0.6) is 11.5 Å². The van der Waals surface area contributed by atoms with Crippen LogP contribution in [-0.2, 0) is 5.75 Å². The Morgan fingerprint density at radius 2 is 1.63 bits per heavy atom. The number of nitrogens with zero attached hydrogens (tertiary/aromatic N) is 2. The zero-order valence-electron chi connectivity index (χ0n) is 16.5. The van der Waals surface area contributed by atoms with E-state index in [0.29, 0.717) is 44.6 Å². The molecule has 0 radical (unpaired) electrons. The van der Waals surface area contributed by atoms with E-state index in [-0.39, 0.29) is 11.4 Å². The molecule has 0 amide bonds. The molecule has 0 N–H and O–H groups in total. The van der Waals surface area contributed by atoms with Crippen molar-refractivity contribution in [1.29, 1.82) is 0 Å². The second-order valence-electron chi connectivity index (χ2n) is 6.50. The van der Waals surface area contributed by atoms with Gasteiger partial charge in [-0.3, -0.25) is 9.36 Å². The predicted octanol–water partition coefficient (Wildman–Crippen LogP) is 4.83. The molecule has 0 unspecified atom stereocenters. The van der Waals surface area contributed by atoms with Crippen LogP contribution in [0.1, 0.15) is 5.56 Å². The third-order valence-corrected chi connectivity index (χ3v) is 5.64. The van der Waals surface area contributed by atoms with Gasteiger partial charge < -0.3 is 9.47 Å². The number of ether oxygens (including phenoxy) is 2. The zero-order valence-corrected chi connectivity index (χ0v) is 17.3. The predicted molar refractivity (Wildman–Crippen MR) is 116 cm³/mol. The zero-order chi connectivity index (χ0) is 21.1. The van der Waals surface area contributed by atoms with Gasteiger partial charge in [-0.2, -0.15) is 0 Å². The topological polar surface area (TPSA) is 53.4 Å². The van der Waals surface area contributed by atoms with E-state index >= 15 is 0 Å². The minimum atomic E-state index is -0.289. The third kappa shape index (κ3) is 3.89. The lowest BCUT2D eigenvalue weighted by Crippen LogP contribution is -2.22. The number of aromatic nitrogens is 2. The van der Waals surface area contributed by atoms with Crippen LogP contribution in [-0.4, -0.2) is 23.8 Å². The molecule has 5 nitrogen and oxygen atoms in total. The van der Waals surface area contributed by atoms with Crippen molar-refractivity contribution in [3.8, 4) is 17.2 Å². The summed E-state index contributed by atoms with van der Waals surface area (Å²) in [5.74, 6) is 1.14. The van der Waals surface area contributed by atoms with Crippen LogP contribution in [0.15, 0.2) is 76.7 Å². The monoisotopic (exact) mass is 422 g/mol. The molecule has 7 heteroatoms. The fourth-order valence-corrected chi connectivity index (χ4v) is 4.12. The highest BCUT2D eigenvalue weighted by Crippen LogP contribution is 2.29. The molecule has 0 spiro atoms. The van der Waals surface area contributed by atoms with Crippen molar-refractivity contribution in [3.63, 3.8) is 0 Å². The van der Waals surface area contributed by atoms with E-state index in [9.17, 15) is 9.18 Å². The Kier molecular flexibility index (Phi) is 5.72. The van der Waals surface area contributed by atoms with Crippen LogP contribution in [0.4, 0.5) is 4.39 Å². The Morgan fingerprint density at radius 1 is 0.967 bits per heavy atom. The Labute approximate surface area is 177 Å². The molecular weight excluding hydrogens is 403 g/mol. The summed E-state index contributed by atoms with van der Waals surface area (Å²) < 4.78 is 26.3. The second kappa shape index (κ2) is 8.59. The van der Waals surface area contributed by atoms with Gasteiger partial charge in [-0.05, 0) is 23.8 Å².